The number of non-ortho nitro benzene ring substituents is 1. The second-order valence-electron chi connectivity index (χ2n) is 5.62. The molecule has 0 aliphatic carbocycles. The maximum Gasteiger partial charge on any atom is 0.270 e. The summed E-state index contributed by atoms with van der Waals surface area (Å²) >= 11 is 1.41. The van der Waals surface area contributed by atoms with Gasteiger partial charge in [0.15, 0.2) is 0 Å². The van der Waals surface area contributed by atoms with Crippen LogP contribution in [-0.4, -0.2) is 38.8 Å². The highest BCUT2D eigenvalue weighted by Gasteiger charge is 2.16. The summed E-state index contributed by atoms with van der Waals surface area (Å²) in [6.07, 6.45) is 1.75. The van der Waals surface area contributed by atoms with Gasteiger partial charge in [-0.3, -0.25) is 14.9 Å². The number of carbonyl (C=O) groups is 1. The Labute approximate surface area is 154 Å². The molecule has 0 radical (unpaired) electrons. The molecule has 134 valence electrons. The highest BCUT2D eigenvalue weighted by atomic mass is 32.1. The van der Waals surface area contributed by atoms with Crippen molar-refractivity contribution in [2.45, 2.75) is 13.8 Å². The van der Waals surface area contributed by atoms with Crippen LogP contribution in [-0.2, 0) is 0 Å². The number of nitrogens with zero attached hydrogens (tertiary/aromatic N) is 3. The summed E-state index contributed by atoms with van der Waals surface area (Å²) in [6.45, 7) is 5.18. The molecule has 1 amide bonds. The van der Waals surface area contributed by atoms with Crippen LogP contribution in [0.1, 0.15) is 24.3 Å². The standard InChI is InChI=1S/C18H18N4O3S/c1-3-21(4-2)18(23)15-9-13(10-19-15)16-11-26-17(20-16)12-6-5-7-14(8-12)22(24)25/h5-11,19H,3-4H2,1-2H3. The average molecular weight is 370 g/mol. The van der Waals surface area contributed by atoms with E-state index in [4.69, 9.17) is 0 Å². The molecular weight excluding hydrogens is 352 g/mol. The minimum absolute atomic E-state index is 0.0352. The fourth-order valence-electron chi connectivity index (χ4n) is 2.64. The van der Waals surface area contributed by atoms with Crippen molar-refractivity contribution in [1.29, 1.82) is 0 Å². The van der Waals surface area contributed by atoms with Crippen LogP contribution in [0.4, 0.5) is 5.69 Å². The van der Waals surface area contributed by atoms with Gasteiger partial charge in [-0.2, -0.15) is 0 Å². The lowest BCUT2D eigenvalue weighted by molar-refractivity contribution is -0.384. The van der Waals surface area contributed by atoms with E-state index >= 15 is 0 Å². The fourth-order valence-corrected chi connectivity index (χ4v) is 3.46. The van der Waals surface area contributed by atoms with Gasteiger partial charge in [-0.1, -0.05) is 12.1 Å². The molecule has 7 nitrogen and oxygen atoms in total. The van der Waals surface area contributed by atoms with Crippen LogP contribution >= 0.6 is 11.3 Å². The molecule has 0 aliphatic rings. The Bertz CT molecular complexity index is 943. The number of thiazole rings is 1. The van der Waals surface area contributed by atoms with E-state index < -0.39 is 4.92 Å². The zero-order valence-corrected chi connectivity index (χ0v) is 15.2. The van der Waals surface area contributed by atoms with Gasteiger partial charge in [0.1, 0.15) is 10.7 Å². The summed E-state index contributed by atoms with van der Waals surface area (Å²) in [5, 5.41) is 13.5. The lowest BCUT2D eigenvalue weighted by atomic mass is 10.2. The predicted octanol–water partition coefficient (Wildman–Crippen LogP) is 4.20. The molecule has 0 saturated heterocycles. The molecule has 3 rings (SSSR count). The number of benzene rings is 1. The fraction of sp³-hybridized carbons (Fsp3) is 0.222. The Morgan fingerprint density at radius 1 is 1.27 bits per heavy atom. The van der Waals surface area contributed by atoms with Crippen LogP contribution in [0, 0.1) is 10.1 Å². The SMILES string of the molecule is CCN(CC)C(=O)c1cc(-c2csc(-c3cccc([N+](=O)[O-])c3)n2)c[nH]1. The van der Waals surface area contributed by atoms with Crippen molar-refractivity contribution in [3.8, 4) is 21.8 Å². The van der Waals surface area contributed by atoms with Crippen molar-refractivity contribution in [2.75, 3.05) is 13.1 Å². The number of rotatable bonds is 6. The summed E-state index contributed by atoms with van der Waals surface area (Å²) < 4.78 is 0. The first-order chi connectivity index (χ1) is 12.5. The molecule has 26 heavy (non-hydrogen) atoms. The number of nitro benzene ring substituents is 1. The third kappa shape index (κ3) is 3.50. The molecule has 0 unspecified atom stereocenters. The lowest BCUT2D eigenvalue weighted by Gasteiger charge is -2.17. The van der Waals surface area contributed by atoms with Gasteiger partial charge in [-0.05, 0) is 19.9 Å². The van der Waals surface area contributed by atoms with Gasteiger partial charge in [0, 0.05) is 47.9 Å². The van der Waals surface area contributed by atoms with E-state index in [1.165, 1.54) is 23.5 Å². The first-order valence-electron chi connectivity index (χ1n) is 8.21. The van der Waals surface area contributed by atoms with Crippen LogP contribution in [0.3, 0.4) is 0 Å². The summed E-state index contributed by atoms with van der Waals surface area (Å²) in [4.78, 5) is 32.2. The molecule has 2 aromatic heterocycles. The minimum atomic E-state index is -0.421. The third-order valence-corrected chi connectivity index (χ3v) is 4.96. The molecule has 2 heterocycles. The van der Waals surface area contributed by atoms with Gasteiger partial charge in [0.2, 0.25) is 0 Å². The average Bonchev–Trinajstić information content (AvgIpc) is 3.32. The van der Waals surface area contributed by atoms with Crippen LogP contribution in [0.25, 0.3) is 21.8 Å². The second kappa shape index (κ2) is 7.49. The Morgan fingerprint density at radius 2 is 2.04 bits per heavy atom. The Morgan fingerprint density at radius 3 is 2.73 bits per heavy atom. The van der Waals surface area contributed by atoms with E-state index in [9.17, 15) is 14.9 Å². The highest BCUT2D eigenvalue weighted by molar-refractivity contribution is 7.13. The van der Waals surface area contributed by atoms with E-state index in [0.717, 1.165) is 11.3 Å². The number of carbonyl (C=O) groups excluding carboxylic acids is 1. The van der Waals surface area contributed by atoms with Crippen molar-refractivity contribution < 1.29 is 9.72 Å². The smallest absolute Gasteiger partial charge is 0.270 e. The van der Waals surface area contributed by atoms with Gasteiger partial charge in [-0.15, -0.1) is 11.3 Å². The molecule has 1 N–H and O–H groups in total. The van der Waals surface area contributed by atoms with E-state index in [2.05, 4.69) is 9.97 Å². The van der Waals surface area contributed by atoms with Crippen molar-refractivity contribution in [3.63, 3.8) is 0 Å². The van der Waals surface area contributed by atoms with Crippen molar-refractivity contribution >= 4 is 22.9 Å². The summed E-state index contributed by atoms with van der Waals surface area (Å²) in [5.74, 6) is -0.0459. The molecule has 0 atom stereocenters. The molecule has 1 aromatic carbocycles. The molecule has 0 spiro atoms. The Kier molecular flexibility index (Phi) is 5.13. The number of nitrogens with one attached hydrogen (secondary N) is 1. The van der Waals surface area contributed by atoms with Gasteiger partial charge in [0.05, 0.1) is 10.6 Å². The first kappa shape index (κ1) is 17.8. The number of H-pyrrole nitrogens is 1. The number of amides is 1. The van der Waals surface area contributed by atoms with E-state index in [1.807, 2.05) is 19.2 Å². The Hall–Kier alpha value is -3.00. The summed E-state index contributed by atoms with van der Waals surface area (Å²) in [6, 6.07) is 8.19. The summed E-state index contributed by atoms with van der Waals surface area (Å²) in [5.41, 5.74) is 2.80. The molecule has 0 bridgehead atoms. The number of aromatic amines is 1. The number of hydrogen-bond donors (Lipinski definition) is 1. The predicted molar refractivity (Wildman–Crippen MR) is 101 cm³/mol. The summed E-state index contributed by atoms with van der Waals surface area (Å²) in [7, 11) is 0. The van der Waals surface area contributed by atoms with E-state index in [1.54, 1.807) is 29.3 Å². The van der Waals surface area contributed by atoms with Crippen LogP contribution in [0.2, 0.25) is 0 Å². The third-order valence-electron chi connectivity index (χ3n) is 4.07. The minimum Gasteiger partial charge on any atom is -0.357 e. The molecular formula is C18H18N4O3S. The molecule has 8 heteroatoms. The topological polar surface area (TPSA) is 92.1 Å². The zero-order valence-electron chi connectivity index (χ0n) is 14.4. The number of hydrogen-bond acceptors (Lipinski definition) is 5. The Balaban J connectivity index is 1.86. The maximum absolute atomic E-state index is 12.4. The van der Waals surface area contributed by atoms with Crippen molar-refractivity contribution in [2.24, 2.45) is 0 Å². The molecule has 3 aromatic rings. The van der Waals surface area contributed by atoms with Gasteiger partial charge >= 0.3 is 0 Å². The quantitative estimate of drug-likeness (QED) is 0.520. The molecule has 0 fully saturated rings. The van der Waals surface area contributed by atoms with Crippen molar-refractivity contribution in [1.82, 2.24) is 14.9 Å². The molecule has 0 saturated carbocycles. The second-order valence-corrected chi connectivity index (χ2v) is 6.48. The molecule has 0 aliphatic heterocycles. The lowest BCUT2D eigenvalue weighted by Crippen LogP contribution is -2.30. The van der Waals surface area contributed by atoms with E-state index in [0.29, 0.717) is 29.4 Å². The van der Waals surface area contributed by atoms with Gasteiger partial charge < -0.3 is 9.88 Å². The van der Waals surface area contributed by atoms with Crippen molar-refractivity contribution in [3.05, 3.63) is 57.7 Å². The number of aromatic nitrogens is 2. The van der Waals surface area contributed by atoms with Gasteiger partial charge in [0.25, 0.3) is 11.6 Å². The zero-order chi connectivity index (χ0) is 18.7. The number of nitro groups is 1. The van der Waals surface area contributed by atoms with E-state index in [-0.39, 0.29) is 11.6 Å². The normalized spacial score (nSPS) is 10.7. The van der Waals surface area contributed by atoms with Crippen LogP contribution in [0.15, 0.2) is 41.9 Å². The monoisotopic (exact) mass is 370 g/mol. The highest BCUT2D eigenvalue weighted by Crippen LogP contribution is 2.31. The van der Waals surface area contributed by atoms with Gasteiger partial charge in [-0.25, -0.2) is 4.98 Å². The largest absolute Gasteiger partial charge is 0.357 e. The first-order valence-corrected chi connectivity index (χ1v) is 9.09. The van der Waals surface area contributed by atoms with Crippen LogP contribution < -0.4 is 0 Å². The van der Waals surface area contributed by atoms with Crippen LogP contribution in [0.5, 0.6) is 0 Å². The maximum atomic E-state index is 12.4.